The first-order chi connectivity index (χ1) is 11.7. The van der Waals surface area contributed by atoms with Gasteiger partial charge in [-0.05, 0) is 29.3 Å². The molecule has 25 heavy (non-hydrogen) atoms. The third-order valence-electron chi connectivity index (χ3n) is 3.78. The van der Waals surface area contributed by atoms with Crippen LogP contribution >= 0.6 is 0 Å². The van der Waals surface area contributed by atoms with Crippen molar-refractivity contribution < 1.29 is 30.7 Å². The molecule has 0 saturated carbocycles. The van der Waals surface area contributed by atoms with Gasteiger partial charge in [-0.3, -0.25) is 0 Å². The highest BCUT2D eigenvalue weighted by molar-refractivity contribution is 7.89. The zero-order valence-electron chi connectivity index (χ0n) is 12.7. The second-order valence-corrected chi connectivity index (χ2v) is 7.23. The van der Waals surface area contributed by atoms with Crippen molar-refractivity contribution in [3.8, 4) is 5.75 Å². The molecular formula is C16H13F4NO3S. The van der Waals surface area contributed by atoms with E-state index in [1.54, 1.807) is 4.72 Å². The molecule has 1 aliphatic heterocycles. The summed E-state index contributed by atoms with van der Waals surface area (Å²) in [6.45, 7) is 0.396. The maximum absolute atomic E-state index is 13.3. The summed E-state index contributed by atoms with van der Waals surface area (Å²) in [6.07, 6.45) is -4.28. The van der Waals surface area contributed by atoms with E-state index < -0.39 is 33.6 Å². The minimum atomic E-state index is -4.89. The van der Waals surface area contributed by atoms with Crippen molar-refractivity contribution in [1.29, 1.82) is 0 Å². The van der Waals surface area contributed by atoms with Gasteiger partial charge in [-0.1, -0.05) is 18.2 Å². The predicted molar refractivity (Wildman–Crippen MR) is 81.2 cm³/mol. The Morgan fingerprint density at radius 1 is 1.08 bits per heavy atom. The fraction of sp³-hybridized carbons (Fsp3) is 0.250. The Morgan fingerprint density at radius 2 is 1.76 bits per heavy atom. The Kier molecular flexibility index (Phi) is 4.46. The van der Waals surface area contributed by atoms with Gasteiger partial charge in [-0.15, -0.1) is 0 Å². The van der Waals surface area contributed by atoms with Crippen molar-refractivity contribution in [3.63, 3.8) is 0 Å². The number of nitrogens with one attached hydrogen (secondary N) is 1. The zero-order chi connectivity index (χ0) is 18.2. The molecular weight excluding hydrogens is 362 g/mol. The number of alkyl halides is 3. The van der Waals surface area contributed by atoms with Gasteiger partial charge in [0.1, 0.15) is 17.6 Å². The molecule has 3 rings (SSSR count). The lowest BCUT2D eigenvalue weighted by Gasteiger charge is -2.22. The quantitative estimate of drug-likeness (QED) is 0.834. The van der Waals surface area contributed by atoms with Crippen LogP contribution < -0.4 is 9.46 Å². The Balaban J connectivity index is 1.94. The predicted octanol–water partition coefficient (Wildman–Crippen LogP) is 3.34. The minimum Gasteiger partial charge on any atom is -0.493 e. The van der Waals surface area contributed by atoms with E-state index in [0.29, 0.717) is 18.8 Å². The Labute approximate surface area is 141 Å². The third-order valence-corrected chi connectivity index (χ3v) is 5.20. The van der Waals surface area contributed by atoms with Crippen LogP contribution in [0.4, 0.5) is 17.6 Å². The van der Waals surface area contributed by atoms with Crippen molar-refractivity contribution >= 4 is 10.0 Å². The van der Waals surface area contributed by atoms with Crippen molar-refractivity contribution in [3.05, 3.63) is 59.4 Å². The second kappa shape index (κ2) is 6.30. The molecule has 2 aromatic carbocycles. The number of halogens is 4. The van der Waals surface area contributed by atoms with Gasteiger partial charge in [0, 0.05) is 12.5 Å². The van der Waals surface area contributed by atoms with Crippen molar-refractivity contribution in [2.75, 3.05) is 6.61 Å². The number of fused-ring (bicyclic) bond motifs is 1. The summed E-state index contributed by atoms with van der Waals surface area (Å²) in [5.41, 5.74) is 0.389. The molecule has 2 aromatic rings. The average molecular weight is 375 g/mol. The summed E-state index contributed by atoms with van der Waals surface area (Å²) in [5.74, 6) is -0.378. The molecule has 0 aliphatic carbocycles. The van der Waals surface area contributed by atoms with Gasteiger partial charge in [0.2, 0.25) is 10.0 Å². The van der Waals surface area contributed by atoms with Crippen LogP contribution in [0.25, 0.3) is 0 Å². The number of hydrogen-bond donors (Lipinski definition) is 1. The molecule has 0 radical (unpaired) electrons. The average Bonchev–Trinajstić information content (AvgIpc) is 3.00. The molecule has 0 fully saturated rings. The molecule has 1 unspecified atom stereocenters. The van der Waals surface area contributed by atoms with Gasteiger partial charge >= 0.3 is 6.18 Å². The maximum Gasteiger partial charge on any atom is 0.408 e. The smallest absolute Gasteiger partial charge is 0.408 e. The molecule has 0 aromatic heterocycles. The van der Waals surface area contributed by atoms with Crippen molar-refractivity contribution in [1.82, 2.24) is 4.72 Å². The van der Waals surface area contributed by atoms with Gasteiger partial charge in [-0.25, -0.2) is 12.8 Å². The van der Waals surface area contributed by atoms with E-state index in [9.17, 15) is 26.0 Å². The van der Waals surface area contributed by atoms with E-state index >= 15 is 0 Å². The lowest BCUT2D eigenvalue weighted by atomic mass is 10.1. The second-order valence-electron chi connectivity index (χ2n) is 5.52. The molecule has 1 heterocycles. The van der Waals surface area contributed by atoms with Crippen LogP contribution in [-0.4, -0.2) is 21.2 Å². The number of benzene rings is 2. The number of ether oxygens (including phenoxy) is 1. The summed E-state index contributed by atoms with van der Waals surface area (Å²) in [7, 11) is -4.47. The SMILES string of the molecule is O=S(=O)(NC(c1ccc(F)cc1)C(F)(F)F)c1ccc2c(c1)OCC2. The third kappa shape index (κ3) is 3.77. The first-order valence-electron chi connectivity index (χ1n) is 7.27. The van der Waals surface area contributed by atoms with Gasteiger partial charge in [0.05, 0.1) is 11.5 Å². The Bertz CT molecular complexity index is 879. The molecule has 4 nitrogen and oxygen atoms in total. The topological polar surface area (TPSA) is 55.4 Å². The van der Waals surface area contributed by atoms with Gasteiger partial charge < -0.3 is 4.74 Å². The normalized spacial score (nSPS) is 15.5. The van der Waals surface area contributed by atoms with Crippen molar-refractivity contribution in [2.45, 2.75) is 23.5 Å². The highest BCUT2D eigenvalue weighted by atomic mass is 32.2. The van der Waals surface area contributed by atoms with Crippen molar-refractivity contribution in [2.24, 2.45) is 0 Å². The monoisotopic (exact) mass is 375 g/mol. The lowest BCUT2D eigenvalue weighted by molar-refractivity contribution is -0.153. The standard InChI is InChI=1S/C16H13F4NO3S/c17-12-4-1-11(2-5-12)15(16(18,19)20)21-25(22,23)13-6-3-10-7-8-24-14(10)9-13/h1-6,9,15,21H,7-8H2. The first-order valence-corrected chi connectivity index (χ1v) is 8.75. The number of hydrogen-bond acceptors (Lipinski definition) is 3. The summed E-state index contributed by atoms with van der Waals surface area (Å²) < 4.78 is 84.6. The minimum absolute atomic E-state index is 0.329. The summed E-state index contributed by atoms with van der Waals surface area (Å²) in [6, 6.07) is 4.90. The lowest BCUT2D eigenvalue weighted by Crippen LogP contribution is -2.38. The Morgan fingerprint density at radius 3 is 2.40 bits per heavy atom. The van der Waals surface area contributed by atoms with Crippen LogP contribution in [0.5, 0.6) is 5.75 Å². The van der Waals surface area contributed by atoms with E-state index in [-0.39, 0.29) is 4.90 Å². The van der Waals surface area contributed by atoms with E-state index in [1.807, 2.05) is 0 Å². The Hall–Kier alpha value is -2.13. The fourth-order valence-electron chi connectivity index (χ4n) is 2.52. The van der Waals surface area contributed by atoms with Crippen LogP contribution in [0.3, 0.4) is 0 Å². The van der Waals surface area contributed by atoms with Crippen LogP contribution in [0.2, 0.25) is 0 Å². The van der Waals surface area contributed by atoms with Crippen LogP contribution in [0, 0.1) is 5.82 Å². The largest absolute Gasteiger partial charge is 0.493 e. The molecule has 1 N–H and O–H groups in total. The van der Waals surface area contributed by atoms with Crippen LogP contribution in [0.15, 0.2) is 47.4 Å². The molecule has 1 atom stereocenters. The molecule has 1 aliphatic rings. The van der Waals surface area contributed by atoms with Crippen LogP contribution in [0.1, 0.15) is 17.2 Å². The number of sulfonamides is 1. The highest BCUT2D eigenvalue weighted by Crippen LogP contribution is 2.35. The van der Waals surface area contributed by atoms with Gasteiger partial charge in [0.15, 0.2) is 0 Å². The molecule has 0 bridgehead atoms. The van der Waals surface area contributed by atoms with E-state index in [1.165, 1.54) is 18.2 Å². The summed E-state index contributed by atoms with van der Waals surface area (Å²) in [5, 5.41) is 0. The van der Waals surface area contributed by atoms with E-state index in [0.717, 1.165) is 29.8 Å². The first kappa shape index (κ1) is 17.7. The fourth-order valence-corrected chi connectivity index (χ4v) is 3.74. The van der Waals surface area contributed by atoms with Gasteiger partial charge in [0.25, 0.3) is 0 Å². The molecule has 0 saturated heterocycles. The molecule has 9 heteroatoms. The van der Waals surface area contributed by atoms with E-state index in [2.05, 4.69) is 0 Å². The summed E-state index contributed by atoms with van der Waals surface area (Å²) >= 11 is 0. The zero-order valence-corrected chi connectivity index (χ0v) is 13.5. The molecule has 0 amide bonds. The summed E-state index contributed by atoms with van der Waals surface area (Å²) in [4.78, 5) is -0.329. The number of rotatable bonds is 4. The molecule has 134 valence electrons. The van der Waals surface area contributed by atoms with E-state index in [4.69, 9.17) is 4.74 Å². The van der Waals surface area contributed by atoms with Gasteiger partial charge in [-0.2, -0.15) is 17.9 Å². The maximum atomic E-state index is 13.3. The van der Waals surface area contributed by atoms with Crippen LogP contribution in [-0.2, 0) is 16.4 Å². The highest BCUT2D eigenvalue weighted by Gasteiger charge is 2.43. The molecule has 0 spiro atoms.